The summed E-state index contributed by atoms with van der Waals surface area (Å²) in [4.78, 5) is 0.481. The second-order valence-electron chi connectivity index (χ2n) is 3.28. The first-order valence-corrected chi connectivity index (χ1v) is 5.23. The van der Waals surface area contributed by atoms with Gasteiger partial charge in [0.15, 0.2) is 0 Å². The summed E-state index contributed by atoms with van der Waals surface area (Å²) in [7, 11) is 0. The first kappa shape index (κ1) is 12.4. The minimum atomic E-state index is -4.30. The Kier molecular flexibility index (Phi) is 3.72. The van der Waals surface area contributed by atoms with Crippen LogP contribution in [0.25, 0.3) is 0 Å². The van der Waals surface area contributed by atoms with Crippen molar-refractivity contribution in [2.24, 2.45) is 5.73 Å². The fraction of sp³-hybridized carbons (Fsp3) is 0.556. The lowest BCUT2D eigenvalue weighted by Gasteiger charge is -2.22. The van der Waals surface area contributed by atoms with Crippen molar-refractivity contribution in [3.8, 4) is 0 Å². The molecule has 0 aliphatic heterocycles. The monoisotopic (exact) mass is 239 g/mol. The highest BCUT2D eigenvalue weighted by atomic mass is 32.2. The number of halogens is 3. The molecule has 86 valence electrons. The first-order valence-electron chi connectivity index (χ1n) is 4.35. The van der Waals surface area contributed by atoms with Gasteiger partial charge in [-0.2, -0.15) is 13.2 Å². The first-order chi connectivity index (χ1) is 6.82. The molecule has 2 nitrogen and oxygen atoms in total. The molecule has 6 heteroatoms. The summed E-state index contributed by atoms with van der Waals surface area (Å²) in [5, 5.41) is -1.60. The average Bonchev–Trinajstić information content (AvgIpc) is 2.44. The topological polar surface area (TPSA) is 39.2 Å². The van der Waals surface area contributed by atoms with E-state index in [9.17, 15) is 13.2 Å². The summed E-state index contributed by atoms with van der Waals surface area (Å²) >= 11 is 0.693. The number of rotatable bonds is 3. The van der Waals surface area contributed by atoms with Crippen LogP contribution in [-0.4, -0.2) is 17.5 Å². The maximum Gasteiger partial charge on any atom is 0.402 e. The Bertz CT molecular complexity index is 321. The number of nitrogens with two attached hydrogens (primary N) is 1. The Morgan fingerprint density at radius 1 is 1.47 bits per heavy atom. The van der Waals surface area contributed by atoms with E-state index in [-0.39, 0.29) is 0 Å². The van der Waals surface area contributed by atoms with Crippen LogP contribution in [-0.2, 0) is 0 Å². The van der Waals surface area contributed by atoms with Crippen molar-refractivity contribution in [3.63, 3.8) is 0 Å². The van der Waals surface area contributed by atoms with E-state index in [2.05, 4.69) is 0 Å². The molecule has 2 atom stereocenters. The number of hydrogen-bond acceptors (Lipinski definition) is 3. The molecule has 2 unspecified atom stereocenters. The van der Waals surface area contributed by atoms with Gasteiger partial charge in [-0.1, -0.05) is 0 Å². The van der Waals surface area contributed by atoms with Gasteiger partial charge in [0.25, 0.3) is 0 Å². The van der Waals surface area contributed by atoms with Gasteiger partial charge in [0.1, 0.15) is 11.0 Å². The van der Waals surface area contributed by atoms with Crippen LogP contribution < -0.4 is 5.73 Å². The molecule has 0 spiro atoms. The molecule has 0 fully saturated rings. The molecule has 1 aromatic heterocycles. The number of aryl methyl sites for hydroxylation is 1. The molecular formula is C9H12F3NOS. The normalized spacial score (nSPS) is 16.4. The largest absolute Gasteiger partial charge is 0.468 e. The van der Waals surface area contributed by atoms with Crippen molar-refractivity contribution in [2.75, 3.05) is 0 Å². The summed E-state index contributed by atoms with van der Waals surface area (Å²) in [5.41, 5.74) is 5.32. The molecule has 0 saturated carbocycles. The van der Waals surface area contributed by atoms with Gasteiger partial charge >= 0.3 is 6.18 Å². The van der Waals surface area contributed by atoms with Gasteiger partial charge in [-0.15, -0.1) is 11.8 Å². The van der Waals surface area contributed by atoms with E-state index in [1.807, 2.05) is 0 Å². The van der Waals surface area contributed by atoms with Crippen molar-refractivity contribution < 1.29 is 17.6 Å². The maximum atomic E-state index is 12.6. The Morgan fingerprint density at radius 3 is 2.40 bits per heavy atom. The molecule has 1 rings (SSSR count). The van der Waals surface area contributed by atoms with Gasteiger partial charge in [-0.3, -0.25) is 0 Å². The van der Waals surface area contributed by atoms with Gasteiger partial charge in [-0.05, 0) is 19.9 Å². The summed E-state index contributed by atoms with van der Waals surface area (Å²) in [6.45, 7) is 2.97. The van der Waals surface area contributed by atoms with E-state index in [0.29, 0.717) is 22.4 Å². The fourth-order valence-electron chi connectivity index (χ4n) is 1.10. The number of hydrogen-bond donors (Lipinski definition) is 1. The van der Waals surface area contributed by atoms with Gasteiger partial charge in [0, 0.05) is 10.9 Å². The molecule has 0 aromatic carbocycles. The second-order valence-corrected chi connectivity index (χ2v) is 4.46. The zero-order valence-electron chi connectivity index (χ0n) is 8.34. The third kappa shape index (κ3) is 3.17. The van der Waals surface area contributed by atoms with E-state index in [1.165, 1.54) is 19.3 Å². The molecule has 0 saturated heterocycles. The maximum absolute atomic E-state index is 12.6. The van der Waals surface area contributed by atoms with Crippen LogP contribution in [0, 0.1) is 6.92 Å². The average molecular weight is 239 g/mol. The summed E-state index contributed by atoms with van der Waals surface area (Å²) in [5.74, 6) is 0.481. The lowest BCUT2D eigenvalue weighted by atomic mass is 10.2. The highest BCUT2D eigenvalue weighted by molar-refractivity contribution is 8.00. The minimum absolute atomic E-state index is 0.481. The predicted molar refractivity (Wildman–Crippen MR) is 52.8 cm³/mol. The highest BCUT2D eigenvalue weighted by Crippen LogP contribution is 2.38. The SMILES string of the molecule is Cc1occc1SC(C(C)N)C(F)(F)F. The molecular weight excluding hydrogens is 227 g/mol. The van der Waals surface area contributed by atoms with Crippen LogP contribution >= 0.6 is 11.8 Å². The summed E-state index contributed by atoms with van der Waals surface area (Å²) in [6, 6.07) is 0.561. The van der Waals surface area contributed by atoms with Crippen LogP contribution in [0.5, 0.6) is 0 Å². The van der Waals surface area contributed by atoms with Crippen molar-refractivity contribution in [1.82, 2.24) is 0 Å². The third-order valence-electron chi connectivity index (χ3n) is 1.87. The smallest absolute Gasteiger partial charge is 0.402 e. The Morgan fingerprint density at radius 2 is 2.07 bits per heavy atom. The van der Waals surface area contributed by atoms with E-state index in [0.717, 1.165) is 0 Å². The Labute approximate surface area is 90.0 Å². The molecule has 0 bridgehead atoms. The molecule has 0 radical (unpaired) electrons. The summed E-state index contributed by atoms with van der Waals surface area (Å²) < 4.78 is 42.6. The number of alkyl halides is 3. The molecule has 2 N–H and O–H groups in total. The number of furan rings is 1. The van der Waals surface area contributed by atoms with Crippen molar-refractivity contribution in [2.45, 2.75) is 36.2 Å². The van der Waals surface area contributed by atoms with Crippen LogP contribution in [0.2, 0.25) is 0 Å². The van der Waals surface area contributed by atoms with Crippen molar-refractivity contribution >= 4 is 11.8 Å². The number of thioether (sulfide) groups is 1. The molecule has 1 aromatic rings. The third-order valence-corrected chi connectivity index (χ3v) is 3.49. The molecule has 0 aliphatic rings. The van der Waals surface area contributed by atoms with Gasteiger partial charge in [0.05, 0.1) is 6.26 Å². The molecule has 15 heavy (non-hydrogen) atoms. The van der Waals surface area contributed by atoms with Crippen LogP contribution in [0.1, 0.15) is 12.7 Å². The summed E-state index contributed by atoms with van der Waals surface area (Å²) in [6.07, 6.45) is -2.94. The van der Waals surface area contributed by atoms with Gasteiger partial charge in [0.2, 0.25) is 0 Å². The van der Waals surface area contributed by atoms with Crippen molar-refractivity contribution in [1.29, 1.82) is 0 Å². The van der Waals surface area contributed by atoms with Crippen LogP contribution in [0.4, 0.5) is 13.2 Å². The standard InChI is InChI=1S/C9H12F3NOS/c1-5(13)8(9(10,11)12)15-7-3-4-14-6(7)2/h3-5,8H,13H2,1-2H3. The lowest BCUT2D eigenvalue weighted by Crippen LogP contribution is -2.40. The van der Waals surface area contributed by atoms with Crippen molar-refractivity contribution in [3.05, 3.63) is 18.1 Å². The van der Waals surface area contributed by atoms with E-state index in [4.69, 9.17) is 10.2 Å². The van der Waals surface area contributed by atoms with Gasteiger partial charge in [-0.25, -0.2) is 0 Å². The molecule has 0 aliphatic carbocycles. The predicted octanol–water partition coefficient (Wildman–Crippen LogP) is 2.96. The fourth-order valence-corrected chi connectivity index (χ4v) is 2.07. The van der Waals surface area contributed by atoms with Gasteiger partial charge < -0.3 is 10.2 Å². The molecule has 1 heterocycles. The zero-order valence-corrected chi connectivity index (χ0v) is 9.15. The van der Waals surface area contributed by atoms with E-state index < -0.39 is 17.5 Å². The quantitative estimate of drug-likeness (QED) is 0.824. The minimum Gasteiger partial charge on any atom is -0.468 e. The second kappa shape index (κ2) is 4.49. The zero-order chi connectivity index (χ0) is 11.6. The Balaban J connectivity index is 2.81. The van der Waals surface area contributed by atoms with E-state index in [1.54, 1.807) is 6.92 Å². The lowest BCUT2D eigenvalue weighted by molar-refractivity contribution is -0.131. The van der Waals surface area contributed by atoms with Crippen LogP contribution in [0.15, 0.2) is 21.6 Å². The van der Waals surface area contributed by atoms with E-state index >= 15 is 0 Å². The highest BCUT2D eigenvalue weighted by Gasteiger charge is 2.43. The Hall–Kier alpha value is -0.620. The molecule has 0 amide bonds. The van der Waals surface area contributed by atoms with Crippen LogP contribution in [0.3, 0.4) is 0 Å².